The van der Waals surface area contributed by atoms with E-state index >= 15 is 0 Å². The zero-order valence-corrected chi connectivity index (χ0v) is 15.2. The van der Waals surface area contributed by atoms with Gasteiger partial charge < -0.3 is 14.1 Å². The number of hydrogen-bond donors (Lipinski definition) is 0. The number of carbonyl (C=O) groups is 2. The molecule has 2 heterocycles. The van der Waals surface area contributed by atoms with Gasteiger partial charge in [-0.2, -0.15) is 0 Å². The van der Waals surface area contributed by atoms with Crippen molar-refractivity contribution < 1.29 is 18.7 Å². The van der Waals surface area contributed by atoms with Crippen molar-refractivity contribution in [3.8, 4) is 0 Å². The van der Waals surface area contributed by atoms with Gasteiger partial charge in [0.25, 0.3) is 5.91 Å². The summed E-state index contributed by atoms with van der Waals surface area (Å²) in [6, 6.07) is 2.85. The van der Waals surface area contributed by atoms with Gasteiger partial charge in [-0.3, -0.25) is 4.79 Å². The van der Waals surface area contributed by atoms with Gasteiger partial charge in [-0.25, -0.2) is 4.79 Å². The standard InChI is InChI=1S/C20H27NO4/c1-12-14-10-13(20(14,2)3)11-17(12)25-19(23)15-6-4-8-21(15)18(22)16-7-5-9-24-16/h5,7,9,12-15,17H,4,6,8,10-11H2,1-3H3/t12?,13?,14?,15-,17?/m0/s1. The van der Waals surface area contributed by atoms with Gasteiger partial charge in [-0.1, -0.05) is 20.8 Å². The number of fused-ring (bicyclic) bond motifs is 2. The molecular formula is C20H27NO4. The minimum absolute atomic E-state index is 0.00885. The molecule has 4 aliphatic rings. The van der Waals surface area contributed by atoms with E-state index in [1.807, 2.05) is 0 Å². The summed E-state index contributed by atoms with van der Waals surface area (Å²) < 4.78 is 11.1. The van der Waals surface area contributed by atoms with E-state index < -0.39 is 6.04 Å². The Morgan fingerprint density at radius 2 is 2.12 bits per heavy atom. The van der Waals surface area contributed by atoms with E-state index in [1.165, 1.54) is 12.7 Å². The third-order valence-electron chi connectivity index (χ3n) is 7.07. The predicted octanol–water partition coefficient (Wildman–Crippen LogP) is 3.50. The lowest BCUT2D eigenvalue weighted by atomic mass is 9.45. The number of nitrogens with zero attached hydrogens (tertiary/aromatic N) is 1. The number of likely N-dealkylation sites (tertiary alicyclic amines) is 1. The molecule has 5 rings (SSSR count). The Balaban J connectivity index is 1.42. The monoisotopic (exact) mass is 345 g/mol. The van der Waals surface area contributed by atoms with Crippen LogP contribution in [0.3, 0.4) is 0 Å². The Bertz CT molecular complexity index is 665. The molecule has 1 amide bonds. The average molecular weight is 345 g/mol. The molecular weight excluding hydrogens is 318 g/mol. The molecule has 1 saturated heterocycles. The Morgan fingerprint density at radius 3 is 2.76 bits per heavy atom. The zero-order chi connectivity index (χ0) is 17.8. The summed E-state index contributed by atoms with van der Waals surface area (Å²) >= 11 is 0. The SMILES string of the molecule is CC1C(OC(=O)[C@@H]2CCCN2C(=O)c2ccco2)CC2CC1C2(C)C. The quantitative estimate of drug-likeness (QED) is 0.787. The van der Waals surface area contributed by atoms with Crippen molar-refractivity contribution in [2.45, 2.75) is 58.6 Å². The Labute approximate surface area is 148 Å². The molecule has 0 N–H and O–H groups in total. The van der Waals surface area contributed by atoms with E-state index in [1.54, 1.807) is 17.0 Å². The number of ether oxygens (including phenoxy) is 1. The normalized spacial score (nSPS) is 36.0. The maximum atomic E-state index is 12.8. The maximum Gasteiger partial charge on any atom is 0.329 e. The molecule has 5 nitrogen and oxygen atoms in total. The van der Waals surface area contributed by atoms with Crippen LogP contribution in [0, 0.1) is 23.2 Å². The zero-order valence-electron chi connectivity index (χ0n) is 15.2. The van der Waals surface area contributed by atoms with Crippen molar-refractivity contribution >= 4 is 11.9 Å². The summed E-state index contributed by atoms with van der Waals surface area (Å²) in [5.74, 6) is 1.50. The number of furan rings is 1. The number of esters is 1. The summed E-state index contributed by atoms with van der Waals surface area (Å²) in [7, 11) is 0. The smallest absolute Gasteiger partial charge is 0.329 e. The van der Waals surface area contributed by atoms with Crippen LogP contribution in [0.1, 0.15) is 57.0 Å². The molecule has 3 aliphatic carbocycles. The van der Waals surface area contributed by atoms with E-state index in [4.69, 9.17) is 9.15 Å². The summed E-state index contributed by atoms with van der Waals surface area (Å²) in [6.45, 7) is 7.46. The summed E-state index contributed by atoms with van der Waals surface area (Å²) in [5, 5.41) is 0. The van der Waals surface area contributed by atoms with Crippen molar-refractivity contribution in [3.05, 3.63) is 24.2 Å². The molecule has 0 radical (unpaired) electrons. The van der Waals surface area contributed by atoms with Crippen LogP contribution in [-0.2, 0) is 9.53 Å². The van der Waals surface area contributed by atoms with Gasteiger partial charge in [0.2, 0.25) is 0 Å². The van der Waals surface area contributed by atoms with Gasteiger partial charge >= 0.3 is 5.97 Å². The molecule has 2 bridgehead atoms. The van der Waals surface area contributed by atoms with Crippen molar-refractivity contribution in [1.82, 2.24) is 4.90 Å². The fourth-order valence-corrected chi connectivity index (χ4v) is 5.28. The number of hydrogen-bond acceptors (Lipinski definition) is 4. The number of rotatable bonds is 3. The molecule has 0 aromatic carbocycles. The van der Waals surface area contributed by atoms with Crippen molar-refractivity contribution in [3.63, 3.8) is 0 Å². The first-order valence-corrected chi connectivity index (χ1v) is 9.44. The highest BCUT2D eigenvalue weighted by Crippen LogP contribution is 2.61. The highest BCUT2D eigenvalue weighted by atomic mass is 16.5. The molecule has 3 saturated carbocycles. The topological polar surface area (TPSA) is 59.8 Å². The summed E-state index contributed by atoms with van der Waals surface area (Å²) in [6.07, 6.45) is 5.18. The molecule has 4 unspecified atom stereocenters. The molecule has 1 aromatic heterocycles. The lowest BCUT2D eigenvalue weighted by Crippen LogP contribution is -2.58. The van der Waals surface area contributed by atoms with Crippen molar-refractivity contribution in [1.29, 1.82) is 0 Å². The molecule has 136 valence electrons. The molecule has 0 spiro atoms. The van der Waals surface area contributed by atoms with Gasteiger partial charge in [0.15, 0.2) is 5.76 Å². The van der Waals surface area contributed by atoms with Crippen LogP contribution < -0.4 is 0 Å². The fraction of sp³-hybridized carbons (Fsp3) is 0.700. The van der Waals surface area contributed by atoms with Crippen LogP contribution in [0.2, 0.25) is 0 Å². The first-order valence-electron chi connectivity index (χ1n) is 9.44. The third-order valence-corrected chi connectivity index (χ3v) is 7.07. The number of amides is 1. The molecule has 5 heteroatoms. The predicted molar refractivity (Wildman–Crippen MR) is 91.8 cm³/mol. The van der Waals surface area contributed by atoms with Gasteiger partial charge in [-0.05, 0) is 61.0 Å². The molecule has 25 heavy (non-hydrogen) atoms. The van der Waals surface area contributed by atoms with Crippen LogP contribution in [-0.4, -0.2) is 35.5 Å². The van der Waals surface area contributed by atoms with Crippen molar-refractivity contribution in [2.24, 2.45) is 23.2 Å². The molecule has 1 aliphatic heterocycles. The maximum absolute atomic E-state index is 12.8. The van der Waals surface area contributed by atoms with E-state index in [2.05, 4.69) is 20.8 Å². The van der Waals surface area contributed by atoms with Crippen molar-refractivity contribution in [2.75, 3.05) is 6.54 Å². The van der Waals surface area contributed by atoms with Crippen LogP contribution in [0.5, 0.6) is 0 Å². The third kappa shape index (κ3) is 2.59. The molecule has 1 aromatic rings. The minimum atomic E-state index is -0.476. The van der Waals surface area contributed by atoms with Crippen LogP contribution in [0.25, 0.3) is 0 Å². The second kappa shape index (κ2) is 5.89. The lowest BCUT2D eigenvalue weighted by molar-refractivity contribution is -0.189. The highest BCUT2D eigenvalue weighted by Gasteiger charge is 2.57. The first-order chi connectivity index (χ1) is 11.9. The molecule has 5 atom stereocenters. The second-order valence-corrected chi connectivity index (χ2v) is 8.56. The Hall–Kier alpha value is -1.78. The number of carbonyl (C=O) groups excluding carboxylic acids is 2. The summed E-state index contributed by atoms with van der Waals surface area (Å²) in [5.41, 5.74) is 0.372. The molecule has 4 fully saturated rings. The lowest BCUT2D eigenvalue weighted by Gasteiger charge is -2.61. The van der Waals surface area contributed by atoms with Gasteiger partial charge in [0.1, 0.15) is 12.1 Å². The van der Waals surface area contributed by atoms with Gasteiger partial charge in [-0.15, -0.1) is 0 Å². The fourth-order valence-electron chi connectivity index (χ4n) is 5.28. The van der Waals surface area contributed by atoms with Crippen LogP contribution >= 0.6 is 0 Å². The van der Waals surface area contributed by atoms with E-state index in [9.17, 15) is 9.59 Å². The van der Waals surface area contributed by atoms with E-state index in [-0.39, 0.29) is 23.7 Å². The van der Waals surface area contributed by atoms with Gasteiger partial charge in [0, 0.05) is 6.54 Å². The minimum Gasteiger partial charge on any atom is -0.461 e. The average Bonchev–Trinajstić information content (AvgIpc) is 3.27. The largest absolute Gasteiger partial charge is 0.461 e. The van der Waals surface area contributed by atoms with Gasteiger partial charge in [0.05, 0.1) is 6.26 Å². The highest BCUT2D eigenvalue weighted by molar-refractivity contribution is 5.95. The second-order valence-electron chi connectivity index (χ2n) is 8.56. The Kier molecular flexibility index (Phi) is 3.93. The van der Waals surface area contributed by atoms with Crippen LogP contribution in [0.4, 0.5) is 0 Å². The van der Waals surface area contributed by atoms with E-state index in [0.717, 1.165) is 12.8 Å². The Morgan fingerprint density at radius 1 is 1.32 bits per heavy atom. The first kappa shape index (κ1) is 16.7. The van der Waals surface area contributed by atoms with Crippen LogP contribution in [0.15, 0.2) is 22.8 Å². The van der Waals surface area contributed by atoms with E-state index in [0.29, 0.717) is 36.1 Å². The summed E-state index contributed by atoms with van der Waals surface area (Å²) in [4.78, 5) is 26.9.